The minimum Gasteiger partial charge on any atom is -0.478 e. The van der Waals surface area contributed by atoms with Crippen molar-refractivity contribution in [3.63, 3.8) is 0 Å². The molecule has 1 aliphatic rings. The van der Waals surface area contributed by atoms with E-state index in [1.807, 2.05) is 0 Å². The zero-order chi connectivity index (χ0) is 14.5. The van der Waals surface area contributed by atoms with Crippen LogP contribution in [0.25, 0.3) is 0 Å². The summed E-state index contributed by atoms with van der Waals surface area (Å²) in [5.74, 6) is -0.703. The SMILES string of the molecule is O=C(O)c1ccc(C(=O)N2CCCC(CCO)C2)cc1. The molecule has 1 aliphatic heterocycles. The monoisotopic (exact) mass is 277 g/mol. The Morgan fingerprint density at radius 1 is 1.20 bits per heavy atom. The average Bonchev–Trinajstić information content (AvgIpc) is 2.47. The highest BCUT2D eigenvalue weighted by atomic mass is 16.4. The number of rotatable bonds is 4. The third-order valence-electron chi connectivity index (χ3n) is 3.72. The van der Waals surface area contributed by atoms with Crippen LogP contribution in [-0.2, 0) is 0 Å². The number of aromatic carboxylic acids is 1. The lowest BCUT2D eigenvalue weighted by Gasteiger charge is -2.32. The van der Waals surface area contributed by atoms with Crippen LogP contribution in [0.2, 0.25) is 0 Å². The molecule has 0 radical (unpaired) electrons. The highest BCUT2D eigenvalue weighted by Gasteiger charge is 2.24. The molecular weight excluding hydrogens is 258 g/mol. The summed E-state index contributed by atoms with van der Waals surface area (Å²) in [7, 11) is 0. The number of hydrogen-bond donors (Lipinski definition) is 2. The Kier molecular flexibility index (Phi) is 4.74. The fourth-order valence-corrected chi connectivity index (χ4v) is 2.61. The molecule has 0 spiro atoms. The number of carbonyl (C=O) groups excluding carboxylic acids is 1. The molecule has 1 amide bonds. The van der Waals surface area contributed by atoms with Crippen LogP contribution >= 0.6 is 0 Å². The standard InChI is InChI=1S/C15H19NO4/c17-9-7-11-2-1-8-16(10-11)14(18)12-3-5-13(6-4-12)15(19)20/h3-6,11,17H,1-2,7-10H2,(H,19,20). The van der Waals surface area contributed by atoms with Gasteiger partial charge in [0.05, 0.1) is 5.56 Å². The molecule has 5 nitrogen and oxygen atoms in total. The van der Waals surface area contributed by atoms with Gasteiger partial charge in [0.2, 0.25) is 0 Å². The lowest BCUT2D eigenvalue weighted by atomic mass is 9.94. The Balaban J connectivity index is 2.04. The van der Waals surface area contributed by atoms with Crippen molar-refractivity contribution in [2.24, 2.45) is 5.92 Å². The van der Waals surface area contributed by atoms with Gasteiger partial charge in [-0.15, -0.1) is 0 Å². The summed E-state index contributed by atoms with van der Waals surface area (Å²) in [5, 5.41) is 17.8. The van der Waals surface area contributed by atoms with E-state index in [2.05, 4.69) is 0 Å². The Labute approximate surface area is 117 Å². The Morgan fingerprint density at radius 3 is 2.45 bits per heavy atom. The molecule has 1 unspecified atom stereocenters. The highest BCUT2D eigenvalue weighted by Crippen LogP contribution is 2.21. The molecule has 20 heavy (non-hydrogen) atoms. The number of benzene rings is 1. The van der Waals surface area contributed by atoms with Crippen molar-refractivity contribution in [3.8, 4) is 0 Å². The minimum atomic E-state index is -0.995. The van der Waals surface area contributed by atoms with Gasteiger partial charge in [0.1, 0.15) is 0 Å². The summed E-state index contributed by atoms with van der Waals surface area (Å²) in [6.07, 6.45) is 2.72. The van der Waals surface area contributed by atoms with Crippen LogP contribution in [0.4, 0.5) is 0 Å². The molecule has 1 heterocycles. The van der Waals surface area contributed by atoms with Gasteiger partial charge in [-0.25, -0.2) is 4.79 Å². The maximum Gasteiger partial charge on any atom is 0.335 e. The van der Waals surface area contributed by atoms with Crippen LogP contribution in [0.15, 0.2) is 24.3 Å². The van der Waals surface area contributed by atoms with E-state index in [9.17, 15) is 9.59 Å². The molecule has 0 aliphatic carbocycles. The normalized spacial score (nSPS) is 18.9. The molecule has 2 N–H and O–H groups in total. The van der Waals surface area contributed by atoms with Crippen LogP contribution in [0, 0.1) is 5.92 Å². The van der Waals surface area contributed by atoms with E-state index in [0.29, 0.717) is 18.0 Å². The topological polar surface area (TPSA) is 77.8 Å². The third-order valence-corrected chi connectivity index (χ3v) is 3.72. The number of likely N-dealkylation sites (tertiary alicyclic amines) is 1. The van der Waals surface area contributed by atoms with Gasteiger partial charge in [-0.05, 0) is 49.4 Å². The van der Waals surface area contributed by atoms with Gasteiger partial charge in [-0.3, -0.25) is 4.79 Å². The van der Waals surface area contributed by atoms with E-state index in [-0.39, 0.29) is 18.1 Å². The first-order valence-electron chi connectivity index (χ1n) is 6.85. The molecule has 1 saturated heterocycles. The number of piperidine rings is 1. The summed E-state index contributed by atoms with van der Waals surface area (Å²) in [4.78, 5) is 24.9. The smallest absolute Gasteiger partial charge is 0.335 e. The number of carboxylic acid groups (broad SMARTS) is 1. The van der Waals surface area contributed by atoms with Gasteiger partial charge in [-0.1, -0.05) is 0 Å². The summed E-state index contributed by atoms with van der Waals surface area (Å²) >= 11 is 0. The fraction of sp³-hybridized carbons (Fsp3) is 0.467. The van der Waals surface area contributed by atoms with Crippen LogP contribution in [-0.4, -0.2) is 46.7 Å². The third kappa shape index (κ3) is 3.36. The van der Waals surface area contributed by atoms with E-state index >= 15 is 0 Å². The number of carbonyl (C=O) groups is 2. The van der Waals surface area contributed by atoms with Crippen molar-refractivity contribution in [2.45, 2.75) is 19.3 Å². The van der Waals surface area contributed by atoms with Crippen molar-refractivity contribution in [1.82, 2.24) is 4.90 Å². The van der Waals surface area contributed by atoms with E-state index in [4.69, 9.17) is 10.2 Å². The van der Waals surface area contributed by atoms with Crippen LogP contribution in [0.3, 0.4) is 0 Å². The lowest BCUT2D eigenvalue weighted by molar-refractivity contribution is 0.0650. The molecule has 0 aromatic heterocycles. The van der Waals surface area contributed by atoms with Crippen molar-refractivity contribution in [2.75, 3.05) is 19.7 Å². The zero-order valence-corrected chi connectivity index (χ0v) is 11.3. The van der Waals surface area contributed by atoms with Gasteiger partial charge in [-0.2, -0.15) is 0 Å². The minimum absolute atomic E-state index is 0.0652. The summed E-state index contributed by atoms with van der Waals surface area (Å²) in [6, 6.07) is 6.01. The van der Waals surface area contributed by atoms with E-state index in [1.165, 1.54) is 12.1 Å². The van der Waals surface area contributed by atoms with Crippen molar-refractivity contribution in [1.29, 1.82) is 0 Å². The molecule has 0 saturated carbocycles. The fourth-order valence-electron chi connectivity index (χ4n) is 2.61. The predicted octanol–water partition coefficient (Wildman–Crippen LogP) is 1.62. The molecular formula is C15H19NO4. The molecule has 108 valence electrons. The molecule has 1 aromatic rings. The molecule has 0 bridgehead atoms. The molecule has 5 heteroatoms. The van der Waals surface area contributed by atoms with Crippen LogP contribution in [0.5, 0.6) is 0 Å². The molecule has 2 rings (SSSR count). The summed E-state index contributed by atoms with van der Waals surface area (Å²) < 4.78 is 0. The van der Waals surface area contributed by atoms with E-state index in [1.54, 1.807) is 17.0 Å². The summed E-state index contributed by atoms with van der Waals surface area (Å²) in [5.41, 5.74) is 0.693. The average molecular weight is 277 g/mol. The molecule has 1 aromatic carbocycles. The van der Waals surface area contributed by atoms with Gasteiger partial charge in [0.25, 0.3) is 5.91 Å². The Morgan fingerprint density at radius 2 is 1.85 bits per heavy atom. The number of amides is 1. The van der Waals surface area contributed by atoms with Gasteiger partial charge >= 0.3 is 5.97 Å². The maximum atomic E-state index is 12.3. The number of aliphatic hydroxyl groups is 1. The van der Waals surface area contributed by atoms with Crippen LogP contribution < -0.4 is 0 Å². The van der Waals surface area contributed by atoms with Crippen LogP contribution in [0.1, 0.15) is 40.0 Å². The maximum absolute atomic E-state index is 12.3. The molecule has 1 atom stereocenters. The number of hydrogen-bond acceptors (Lipinski definition) is 3. The number of aliphatic hydroxyl groups excluding tert-OH is 1. The predicted molar refractivity (Wildman–Crippen MR) is 73.7 cm³/mol. The second-order valence-electron chi connectivity index (χ2n) is 5.15. The van der Waals surface area contributed by atoms with Gasteiger partial charge < -0.3 is 15.1 Å². The van der Waals surface area contributed by atoms with Crippen molar-refractivity contribution >= 4 is 11.9 Å². The first-order valence-corrected chi connectivity index (χ1v) is 6.85. The second kappa shape index (κ2) is 6.52. The van der Waals surface area contributed by atoms with E-state index in [0.717, 1.165) is 25.8 Å². The Bertz CT molecular complexity index is 481. The first-order chi connectivity index (χ1) is 9.61. The number of carboxylic acids is 1. The summed E-state index contributed by atoms with van der Waals surface area (Å²) in [6.45, 7) is 1.54. The van der Waals surface area contributed by atoms with Gasteiger partial charge in [0, 0.05) is 25.3 Å². The quantitative estimate of drug-likeness (QED) is 0.876. The highest BCUT2D eigenvalue weighted by molar-refractivity contribution is 5.95. The van der Waals surface area contributed by atoms with Gasteiger partial charge in [0.15, 0.2) is 0 Å². The van der Waals surface area contributed by atoms with Crippen molar-refractivity contribution < 1.29 is 19.8 Å². The zero-order valence-electron chi connectivity index (χ0n) is 11.3. The van der Waals surface area contributed by atoms with E-state index < -0.39 is 5.97 Å². The largest absolute Gasteiger partial charge is 0.478 e. The Hall–Kier alpha value is -1.88. The first kappa shape index (κ1) is 14.5. The molecule has 1 fully saturated rings. The number of nitrogens with zero attached hydrogens (tertiary/aromatic N) is 1. The second-order valence-corrected chi connectivity index (χ2v) is 5.15. The lowest BCUT2D eigenvalue weighted by Crippen LogP contribution is -2.40. The van der Waals surface area contributed by atoms with Crippen molar-refractivity contribution in [3.05, 3.63) is 35.4 Å².